The second-order valence-corrected chi connectivity index (χ2v) is 4.83. The van der Waals surface area contributed by atoms with Gasteiger partial charge in [0.1, 0.15) is 0 Å². The summed E-state index contributed by atoms with van der Waals surface area (Å²) in [5.41, 5.74) is 2.76. The van der Waals surface area contributed by atoms with Crippen LogP contribution in [0, 0.1) is 6.92 Å². The molecule has 2 heteroatoms. The minimum absolute atomic E-state index is 0.474. The lowest BCUT2D eigenvalue weighted by Crippen LogP contribution is -2.05. The number of hydrogen-bond donors (Lipinski definition) is 0. The van der Waals surface area contributed by atoms with Gasteiger partial charge in [-0.15, -0.1) is 0 Å². The average Bonchev–Trinajstić information content (AvgIpc) is 2.67. The molecule has 0 unspecified atom stereocenters. The Balaban J connectivity index is 2.06. The minimum Gasteiger partial charge on any atom is -0.377 e. The molecule has 0 aromatic heterocycles. The maximum atomic E-state index is 5.69. The molecule has 0 radical (unpaired) electrons. The molecule has 0 bridgehead atoms. The number of alkyl halides is 1. The zero-order valence-corrected chi connectivity index (χ0v) is 10.5. The zero-order valence-electron chi connectivity index (χ0n) is 8.37. The van der Waals surface area contributed by atoms with Gasteiger partial charge in [0.2, 0.25) is 0 Å². The van der Waals surface area contributed by atoms with Crippen molar-refractivity contribution in [2.24, 2.45) is 0 Å². The number of aryl methyl sites for hydroxylation is 1. The summed E-state index contributed by atoms with van der Waals surface area (Å²) in [7, 11) is 0. The van der Waals surface area contributed by atoms with E-state index in [1.807, 2.05) is 0 Å². The summed E-state index contributed by atoms with van der Waals surface area (Å²) in [5.74, 6) is 0.621. The first-order valence-corrected chi connectivity index (χ1v) is 6.56. The van der Waals surface area contributed by atoms with E-state index in [1.165, 1.54) is 17.5 Å². The minimum atomic E-state index is 0.474. The normalized spacial score (nSPS) is 26.7. The topological polar surface area (TPSA) is 9.23 Å². The highest BCUT2D eigenvalue weighted by molar-refractivity contribution is 14.1. The van der Waals surface area contributed by atoms with Gasteiger partial charge in [0.15, 0.2) is 0 Å². The van der Waals surface area contributed by atoms with Crippen molar-refractivity contribution in [1.29, 1.82) is 0 Å². The van der Waals surface area contributed by atoms with Crippen LogP contribution in [-0.2, 0) is 4.74 Å². The molecule has 1 fully saturated rings. The predicted octanol–water partition coefficient (Wildman–Crippen LogP) is 3.30. The molecule has 1 nitrogen and oxygen atoms in total. The Morgan fingerprint density at radius 3 is 2.64 bits per heavy atom. The summed E-state index contributed by atoms with van der Waals surface area (Å²) >= 11 is 2.40. The number of halogens is 1. The number of ether oxygens (including phenoxy) is 1. The zero-order chi connectivity index (χ0) is 9.97. The Labute approximate surface area is 99.0 Å². The highest BCUT2D eigenvalue weighted by Gasteiger charge is 2.25. The van der Waals surface area contributed by atoms with Crippen LogP contribution in [0.2, 0.25) is 0 Å². The molecule has 1 heterocycles. The number of hydrogen-bond acceptors (Lipinski definition) is 1. The lowest BCUT2D eigenvalue weighted by atomic mass is 9.96. The summed E-state index contributed by atoms with van der Waals surface area (Å²) in [4.78, 5) is 0. The predicted molar refractivity (Wildman–Crippen MR) is 67.2 cm³/mol. The van der Waals surface area contributed by atoms with Crippen molar-refractivity contribution in [3.8, 4) is 0 Å². The van der Waals surface area contributed by atoms with Gasteiger partial charge in [-0.3, -0.25) is 0 Å². The Hall–Kier alpha value is -0.0900. The third kappa shape index (κ3) is 2.28. The lowest BCUT2D eigenvalue weighted by Gasteiger charge is -2.08. The fourth-order valence-corrected chi connectivity index (χ4v) is 2.50. The van der Waals surface area contributed by atoms with Crippen LogP contribution in [-0.4, -0.2) is 17.1 Å². The van der Waals surface area contributed by atoms with Crippen LogP contribution < -0.4 is 0 Å². The quantitative estimate of drug-likeness (QED) is 0.601. The lowest BCUT2D eigenvalue weighted by molar-refractivity contribution is 0.129. The molecule has 76 valence electrons. The van der Waals surface area contributed by atoms with Crippen LogP contribution in [0.1, 0.15) is 23.5 Å². The summed E-state index contributed by atoms with van der Waals surface area (Å²) in [6.07, 6.45) is 1.66. The summed E-state index contributed by atoms with van der Waals surface area (Å²) < 4.78 is 6.80. The van der Waals surface area contributed by atoms with Gasteiger partial charge < -0.3 is 4.74 Å². The number of benzene rings is 1. The molecule has 1 aromatic carbocycles. The molecule has 0 aliphatic carbocycles. The number of rotatable bonds is 2. The van der Waals surface area contributed by atoms with Crippen LogP contribution in [0.15, 0.2) is 24.3 Å². The van der Waals surface area contributed by atoms with E-state index in [9.17, 15) is 0 Å². The largest absolute Gasteiger partial charge is 0.377 e. The third-order valence-corrected chi connectivity index (χ3v) is 3.78. The van der Waals surface area contributed by atoms with E-state index >= 15 is 0 Å². The van der Waals surface area contributed by atoms with Crippen molar-refractivity contribution in [2.75, 3.05) is 11.0 Å². The van der Waals surface area contributed by atoms with Gasteiger partial charge in [-0.25, -0.2) is 0 Å². The molecule has 14 heavy (non-hydrogen) atoms. The molecule has 0 amide bonds. The second kappa shape index (κ2) is 4.62. The molecule has 1 aliphatic rings. The van der Waals surface area contributed by atoms with Gasteiger partial charge in [0.25, 0.3) is 0 Å². The Morgan fingerprint density at radius 1 is 1.36 bits per heavy atom. The van der Waals surface area contributed by atoms with Crippen LogP contribution in [0.25, 0.3) is 0 Å². The van der Waals surface area contributed by atoms with E-state index in [0.717, 1.165) is 11.0 Å². The Morgan fingerprint density at radius 2 is 2.07 bits per heavy atom. The van der Waals surface area contributed by atoms with Crippen LogP contribution >= 0.6 is 22.6 Å². The highest BCUT2D eigenvalue weighted by Crippen LogP contribution is 2.30. The molecule has 0 N–H and O–H groups in total. The molecule has 1 aromatic rings. The molecule has 0 spiro atoms. The van der Waals surface area contributed by atoms with Gasteiger partial charge in [0, 0.05) is 10.3 Å². The third-order valence-electron chi connectivity index (χ3n) is 2.80. The maximum Gasteiger partial charge on any atom is 0.0671 e. The SMILES string of the molecule is Cc1ccc([C@@H]2CO[C@@H](CI)C2)cc1. The van der Waals surface area contributed by atoms with E-state index in [0.29, 0.717) is 12.0 Å². The van der Waals surface area contributed by atoms with Crippen molar-refractivity contribution in [1.82, 2.24) is 0 Å². The van der Waals surface area contributed by atoms with Crippen LogP contribution in [0.3, 0.4) is 0 Å². The molecular formula is C12H15IO. The molecule has 0 saturated carbocycles. The second-order valence-electron chi connectivity index (χ2n) is 3.95. The average molecular weight is 302 g/mol. The molecular weight excluding hydrogens is 287 g/mol. The van der Waals surface area contributed by atoms with Crippen LogP contribution in [0.5, 0.6) is 0 Å². The van der Waals surface area contributed by atoms with E-state index in [-0.39, 0.29) is 0 Å². The Kier molecular flexibility index (Phi) is 3.44. The van der Waals surface area contributed by atoms with E-state index in [1.54, 1.807) is 0 Å². The maximum absolute atomic E-state index is 5.69. The highest BCUT2D eigenvalue weighted by atomic mass is 127. The van der Waals surface area contributed by atoms with Crippen LogP contribution in [0.4, 0.5) is 0 Å². The Bertz CT molecular complexity index is 294. The van der Waals surface area contributed by atoms with Gasteiger partial charge >= 0.3 is 0 Å². The fourth-order valence-electron chi connectivity index (χ4n) is 1.88. The van der Waals surface area contributed by atoms with Crippen molar-refractivity contribution < 1.29 is 4.74 Å². The van der Waals surface area contributed by atoms with Gasteiger partial charge in [0.05, 0.1) is 12.7 Å². The van der Waals surface area contributed by atoms with Crippen molar-refractivity contribution in [3.63, 3.8) is 0 Å². The molecule has 1 aliphatic heterocycles. The van der Waals surface area contributed by atoms with E-state index in [2.05, 4.69) is 53.8 Å². The van der Waals surface area contributed by atoms with Crippen molar-refractivity contribution >= 4 is 22.6 Å². The first-order valence-electron chi connectivity index (χ1n) is 5.03. The first kappa shape index (κ1) is 10.4. The fraction of sp³-hybridized carbons (Fsp3) is 0.500. The van der Waals surface area contributed by atoms with Gasteiger partial charge in [-0.2, -0.15) is 0 Å². The monoisotopic (exact) mass is 302 g/mol. The molecule has 2 rings (SSSR count). The molecule has 1 saturated heterocycles. The smallest absolute Gasteiger partial charge is 0.0671 e. The molecule has 2 atom stereocenters. The summed E-state index contributed by atoms with van der Waals surface area (Å²) in [6, 6.07) is 8.84. The van der Waals surface area contributed by atoms with E-state index in [4.69, 9.17) is 4.74 Å². The van der Waals surface area contributed by atoms with E-state index < -0.39 is 0 Å². The van der Waals surface area contributed by atoms with Crippen molar-refractivity contribution in [3.05, 3.63) is 35.4 Å². The first-order chi connectivity index (χ1) is 6.79. The van der Waals surface area contributed by atoms with Gasteiger partial charge in [-0.1, -0.05) is 52.4 Å². The van der Waals surface area contributed by atoms with Crippen molar-refractivity contribution in [2.45, 2.75) is 25.4 Å². The summed E-state index contributed by atoms with van der Waals surface area (Å²) in [6.45, 7) is 3.03. The van der Waals surface area contributed by atoms with Gasteiger partial charge in [-0.05, 0) is 18.9 Å². The standard InChI is InChI=1S/C12H15IO/c1-9-2-4-10(5-3-9)11-6-12(7-13)14-8-11/h2-5,11-12H,6-8H2,1H3/t11-,12+/m0/s1. The summed E-state index contributed by atoms with van der Waals surface area (Å²) in [5, 5.41) is 0.